The lowest BCUT2D eigenvalue weighted by atomic mass is 9.65. The molecule has 1 aliphatic heterocycles. The van der Waals surface area contributed by atoms with E-state index in [1.54, 1.807) is 23.5 Å². The van der Waals surface area contributed by atoms with Crippen molar-refractivity contribution in [3.05, 3.63) is 57.3 Å². The zero-order valence-corrected chi connectivity index (χ0v) is 21.1. The third-order valence-electron chi connectivity index (χ3n) is 5.90. The molecule has 1 saturated carbocycles. The Morgan fingerprint density at radius 2 is 2.03 bits per heavy atom. The highest BCUT2D eigenvalue weighted by molar-refractivity contribution is 8.03. The van der Waals surface area contributed by atoms with Crippen molar-refractivity contribution in [3.63, 3.8) is 0 Å². The van der Waals surface area contributed by atoms with Crippen LogP contribution in [0.5, 0.6) is 5.75 Å². The van der Waals surface area contributed by atoms with Crippen LogP contribution in [0.4, 0.5) is 5.69 Å². The molecule has 1 unspecified atom stereocenters. The fourth-order valence-corrected chi connectivity index (χ4v) is 6.26. The number of nitriles is 1. The number of hydrogen-bond acceptors (Lipinski definition) is 7. The highest BCUT2D eigenvalue weighted by Gasteiger charge is 2.47. The number of amides is 1. The van der Waals surface area contributed by atoms with Crippen molar-refractivity contribution in [2.45, 2.75) is 39.5 Å². The van der Waals surface area contributed by atoms with Gasteiger partial charge in [-0.2, -0.15) is 5.26 Å². The third-order valence-corrected chi connectivity index (χ3v) is 7.84. The second-order valence-corrected chi connectivity index (χ2v) is 11.1. The smallest absolute Gasteiger partial charge is 0.234 e. The van der Waals surface area contributed by atoms with Crippen molar-refractivity contribution >= 4 is 46.2 Å². The molecule has 0 radical (unpaired) electrons. The average molecular weight is 494 g/mol. The molecule has 1 amide bonds. The van der Waals surface area contributed by atoms with Crippen LogP contribution in [0.1, 0.15) is 44.4 Å². The van der Waals surface area contributed by atoms with E-state index >= 15 is 0 Å². The second kappa shape index (κ2) is 10.2. The van der Waals surface area contributed by atoms with Gasteiger partial charge in [-0.15, -0.1) is 11.3 Å². The molecule has 176 valence electrons. The maximum atomic E-state index is 13.2. The van der Waals surface area contributed by atoms with Crippen molar-refractivity contribution in [1.29, 1.82) is 5.26 Å². The molecular formula is C26H27N3O3S2. The molecule has 6 nitrogen and oxygen atoms in total. The summed E-state index contributed by atoms with van der Waals surface area (Å²) in [5.74, 6) is 0.0772. The minimum atomic E-state index is -0.400. The number of allylic oxidation sites excluding steroid dienone is 1. The molecule has 1 aliphatic carbocycles. The Hall–Kier alpha value is -2.89. The fourth-order valence-electron chi connectivity index (χ4n) is 4.54. The molecule has 34 heavy (non-hydrogen) atoms. The molecule has 0 saturated heterocycles. The van der Waals surface area contributed by atoms with E-state index in [2.05, 4.69) is 25.2 Å². The number of carbonyl (C=O) groups excluding carboxylic acids is 2. The van der Waals surface area contributed by atoms with Crippen LogP contribution in [0.2, 0.25) is 0 Å². The van der Waals surface area contributed by atoms with E-state index in [9.17, 15) is 14.9 Å². The number of Topliss-reactive ketones (excluding diaryl/α,β-unsaturated/α-hetero) is 1. The molecule has 1 N–H and O–H groups in total. The molecule has 1 aromatic heterocycles. The van der Waals surface area contributed by atoms with E-state index in [0.717, 1.165) is 16.3 Å². The number of nitrogens with zero attached hydrogens (tertiary/aromatic N) is 2. The van der Waals surface area contributed by atoms with Crippen LogP contribution in [-0.2, 0) is 9.59 Å². The molecule has 8 heteroatoms. The maximum Gasteiger partial charge on any atom is 0.234 e. The summed E-state index contributed by atoms with van der Waals surface area (Å²) < 4.78 is 5.43. The zero-order valence-electron chi connectivity index (χ0n) is 19.5. The first kappa shape index (κ1) is 24.2. The Balaban J connectivity index is 1.56. The summed E-state index contributed by atoms with van der Waals surface area (Å²) in [4.78, 5) is 31.6. The van der Waals surface area contributed by atoms with Crippen molar-refractivity contribution in [3.8, 4) is 11.8 Å². The van der Waals surface area contributed by atoms with Gasteiger partial charge in [-0.05, 0) is 54.5 Å². The quantitative estimate of drug-likeness (QED) is 0.526. The number of aliphatic imine (C=N–C) groups is 1. The number of carbonyl (C=O) groups is 2. The van der Waals surface area contributed by atoms with Gasteiger partial charge in [0, 0.05) is 28.6 Å². The molecular weight excluding hydrogens is 466 g/mol. The Morgan fingerprint density at radius 1 is 1.26 bits per heavy atom. The highest BCUT2D eigenvalue weighted by atomic mass is 32.2. The van der Waals surface area contributed by atoms with Gasteiger partial charge in [-0.1, -0.05) is 31.7 Å². The number of hydrogen-bond donors (Lipinski definition) is 1. The van der Waals surface area contributed by atoms with Crippen LogP contribution < -0.4 is 10.1 Å². The van der Waals surface area contributed by atoms with Gasteiger partial charge in [-0.25, -0.2) is 4.99 Å². The maximum absolute atomic E-state index is 13.2. The first-order chi connectivity index (χ1) is 16.3. The van der Waals surface area contributed by atoms with Gasteiger partial charge in [0.2, 0.25) is 5.91 Å². The SMILES string of the molecule is CCOc1ccc(NC(=O)CSC2=C(C#N)[C@@H](c3cccs3)C3C(=O)CC(C)(C)CC3=N2)cc1. The van der Waals surface area contributed by atoms with Crippen LogP contribution in [0, 0.1) is 22.7 Å². The Morgan fingerprint density at radius 3 is 2.68 bits per heavy atom. The summed E-state index contributed by atoms with van der Waals surface area (Å²) in [5.41, 5.74) is 1.81. The molecule has 2 heterocycles. The lowest BCUT2D eigenvalue weighted by Gasteiger charge is -2.40. The number of nitrogens with one attached hydrogen (secondary N) is 1. The van der Waals surface area contributed by atoms with Gasteiger partial charge in [0.15, 0.2) is 0 Å². The molecule has 2 aliphatic rings. The van der Waals surface area contributed by atoms with Gasteiger partial charge >= 0.3 is 0 Å². The monoisotopic (exact) mass is 493 g/mol. The van der Waals surface area contributed by atoms with Crippen molar-refractivity contribution in [2.24, 2.45) is 16.3 Å². The molecule has 1 fully saturated rings. The Kier molecular flexibility index (Phi) is 7.24. The number of ketones is 1. The van der Waals surface area contributed by atoms with Crippen LogP contribution in [0.15, 0.2) is 57.4 Å². The normalized spacial score (nSPS) is 21.4. The van der Waals surface area contributed by atoms with E-state index < -0.39 is 5.92 Å². The number of thiophene rings is 1. The number of thioether (sulfide) groups is 1. The third kappa shape index (κ3) is 5.26. The fraction of sp³-hybridized carbons (Fsp3) is 0.385. The van der Waals surface area contributed by atoms with E-state index in [1.807, 2.05) is 36.6 Å². The second-order valence-electron chi connectivity index (χ2n) is 9.18. The molecule has 0 bridgehead atoms. The largest absolute Gasteiger partial charge is 0.494 e. The lowest BCUT2D eigenvalue weighted by Crippen LogP contribution is -2.42. The predicted octanol–water partition coefficient (Wildman–Crippen LogP) is 5.80. The lowest BCUT2D eigenvalue weighted by molar-refractivity contribution is -0.124. The summed E-state index contributed by atoms with van der Waals surface area (Å²) in [5, 5.41) is 15.5. The van der Waals surface area contributed by atoms with Crippen molar-refractivity contribution in [1.82, 2.24) is 0 Å². The van der Waals surface area contributed by atoms with Gasteiger partial charge in [0.05, 0.1) is 29.9 Å². The standard InChI is InChI=1S/C26H27N3O3S2/c1-4-32-17-9-7-16(8-10-17)28-22(31)15-34-25-18(14-27)23(21-6-5-11-33-21)24-19(29-25)12-26(2,3)13-20(24)30/h5-11,23-24H,4,12-13,15H2,1-3H3,(H,28,31)/t23-,24?/m0/s1. The minimum Gasteiger partial charge on any atom is -0.494 e. The number of benzene rings is 1. The number of rotatable bonds is 7. The van der Waals surface area contributed by atoms with E-state index in [1.165, 1.54) is 11.8 Å². The summed E-state index contributed by atoms with van der Waals surface area (Å²) in [6.45, 7) is 6.65. The van der Waals surface area contributed by atoms with Crippen molar-refractivity contribution < 1.29 is 14.3 Å². The zero-order chi connectivity index (χ0) is 24.3. The summed E-state index contributed by atoms with van der Waals surface area (Å²) >= 11 is 2.80. The van der Waals surface area contributed by atoms with Crippen LogP contribution in [-0.4, -0.2) is 29.8 Å². The first-order valence-electron chi connectivity index (χ1n) is 11.2. The van der Waals surface area contributed by atoms with Gasteiger partial charge < -0.3 is 10.1 Å². The highest BCUT2D eigenvalue weighted by Crippen LogP contribution is 2.49. The first-order valence-corrected chi connectivity index (χ1v) is 13.1. The molecule has 2 aromatic rings. The number of anilines is 1. The molecule has 0 spiro atoms. The summed E-state index contributed by atoms with van der Waals surface area (Å²) in [6, 6.07) is 13.4. The summed E-state index contributed by atoms with van der Waals surface area (Å²) in [6.07, 6.45) is 1.18. The van der Waals surface area contributed by atoms with Crippen LogP contribution in [0.3, 0.4) is 0 Å². The average Bonchev–Trinajstić information content (AvgIpc) is 3.32. The van der Waals surface area contributed by atoms with Crippen LogP contribution >= 0.6 is 23.1 Å². The minimum absolute atomic E-state index is 0.115. The molecule has 1 aromatic carbocycles. The van der Waals surface area contributed by atoms with Gasteiger partial charge in [0.1, 0.15) is 16.6 Å². The van der Waals surface area contributed by atoms with Gasteiger partial charge in [-0.3, -0.25) is 9.59 Å². The Labute approximate surface area is 208 Å². The number of fused-ring (bicyclic) bond motifs is 1. The van der Waals surface area contributed by atoms with E-state index in [4.69, 9.17) is 9.73 Å². The number of ether oxygens (including phenoxy) is 1. The van der Waals surface area contributed by atoms with Gasteiger partial charge in [0.25, 0.3) is 0 Å². The Bertz CT molecular complexity index is 1170. The summed E-state index contributed by atoms with van der Waals surface area (Å²) in [7, 11) is 0. The molecule has 4 rings (SSSR count). The van der Waals surface area contributed by atoms with E-state index in [0.29, 0.717) is 35.7 Å². The molecule has 2 atom stereocenters. The van der Waals surface area contributed by atoms with E-state index in [-0.39, 0.29) is 28.8 Å². The predicted molar refractivity (Wildman–Crippen MR) is 137 cm³/mol. The van der Waals surface area contributed by atoms with Crippen molar-refractivity contribution in [2.75, 3.05) is 17.7 Å². The topological polar surface area (TPSA) is 91.5 Å². The van der Waals surface area contributed by atoms with Crippen LogP contribution in [0.25, 0.3) is 0 Å².